The summed E-state index contributed by atoms with van der Waals surface area (Å²) in [6.07, 6.45) is -5.55. The van der Waals surface area contributed by atoms with Gasteiger partial charge in [0.25, 0.3) is 5.56 Å². The van der Waals surface area contributed by atoms with Crippen molar-refractivity contribution in [2.75, 3.05) is 38.3 Å². The zero-order valence-corrected chi connectivity index (χ0v) is 25.5. The molecule has 4 aromatic rings. The van der Waals surface area contributed by atoms with Crippen molar-refractivity contribution in [1.29, 1.82) is 0 Å². The first kappa shape index (κ1) is 33.2. The van der Waals surface area contributed by atoms with Crippen molar-refractivity contribution in [2.24, 2.45) is 0 Å². The summed E-state index contributed by atoms with van der Waals surface area (Å²) < 4.78 is 93.1. The second kappa shape index (κ2) is 13.0. The lowest BCUT2D eigenvalue weighted by Gasteiger charge is -2.25. The number of carbonyl (C=O) groups is 1. The molecule has 2 aliphatic rings. The molecule has 0 saturated carbocycles. The Labute approximate surface area is 268 Å². The van der Waals surface area contributed by atoms with Gasteiger partial charge in [0, 0.05) is 25.5 Å². The average Bonchev–Trinajstić information content (AvgIpc) is 3.76. The van der Waals surface area contributed by atoms with Crippen LogP contribution < -0.4 is 15.2 Å². The number of nitrogens with zero attached hydrogens (tertiary/aromatic N) is 8. The number of carbonyl (C=O) groups excluding carboxylic acids is 1. The normalized spacial score (nSPS) is 18.1. The predicted molar refractivity (Wildman–Crippen MR) is 157 cm³/mol. The number of benzene rings is 1. The van der Waals surface area contributed by atoms with Gasteiger partial charge in [-0.05, 0) is 30.5 Å². The summed E-state index contributed by atoms with van der Waals surface area (Å²) >= 11 is 0. The van der Waals surface area contributed by atoms with Gasteiger partial charge >= 0.3 is 12.4 Å². The number of aromatic nitrogens is 6. The zero-order chi connectivity index (χ0) is 34.2. The number of hydrogen-bond donors (Lipinski definition) is 0. The van der Waals surface area contributed by atoms with E-state index in [-0.39, 0.29) is 62.2 Å². The summed E-state index contributed by atoms with van der Waals surface area (Å²) in [5, 5.41) is 7.14. The van der Waals surface area contributed by atoms with Crippen LogP contribution in [0.15, 0.2) is 47.7 Å². The molecule has 12 nitrogen and oxygen atoms in total. The molecule has 0 bridgehead atoms. The van der Waals surface area contributed by atoms with Crippen LogP contribution >= 0.6 is 0 Å². The molecule has 0 aliphatic carbocycles. The SMILES string of the molecule is COc1ccc(Cn2ncc3c(c(C(F)(F)F)nn3CCOCCC(=O)N3CC[C@@H]4[C@H]3CCN4c3ncc(C(F)(F)F)cn3)c2=O)cc1. The third-order valence-electron chi connectivity index (χ3n) is 8.55. The molecular formula is C30H30F6N8O4. The third-order valence-corrected chi connectivity index (χ3v) is 8.55. The molecule has 3 aromatic heterocycles. The maximum Gasteiger partial charge on any atom is 0.435 e. The van der Waals surface area contributed by atoms with Gasteiger partial charge < -0.3 is 19.3 Å². The molecule has 0 N–H and O–H groups in total. The topological polar surface area (TPSA) is 120 Å². The summed E-state index contributed by atoms with van der Waals surface area (Å²) in [7, 11) is 1.50. The van der Waals surface area contributed by atoms with E-state index in [0.717, 1.165) is 28.0 Å². The van der Waals surface area contributed by atoms with Crippen molar-refractivity contribution in [3.05, 3.63) is 70.0 Å². The number of alkyl halides is 6. The standard InChI is InChI=1S/C30H30F6N8O4/c1-47-20-4-2-18(3-5-20)17-44-27(46)25-23(16-39-44)43(40-26(25)30(34,35)36)11-13-48-12-8-24(45)41-9-6-22-21(41)7-10-42(22)28-37-14-19(15-38-28)29(31,32)33/h2-5,14-16,21-22H,6-13,17H2,1H3/t21-,22-/m1/s1. The number of anilines is 1. The Bertz CT molecular complexity index is 1830. The Hall–Kier alpha value is -4.74. The first-order chi connectivity index (χ1) is 22.8. The minimum Gasteiger partial charge on any atom is -0.497 e. The third kappa shape index (κ3) is 6.65. The van der Waals surface area contributed by atoms with E-state index in [0.29, 0.717) is 37.2 Å². The van der Waals surface area contributed by atoms with Crippen LogP contribution in [0.3, 0.4) is 0 Å². The lowest BCUT2D eigenvalue weighted by molar-refractivity contribution is -0.140. The molecule has 6 rings (SSSR count). The zero-order valence-electron chi connectivity index (χ0n) is 25.5. The number of methoxy groups -OCH3 is 1. The van der Waals surface area contributed by atoms with E-state index in [1.54, 1.807) is 29.2 Å². The molecular weight excluding hydrogens is 650 g/mol. The molecule has 0 unspecified atom stereocenters. The van der Waals surface area contributed by atoms with E-state index in [1.165, 1.54) is 7.11 Å². The molecule has 2 aliphatic heterocycles. The summed E-state index contributed by atoms with van der Waals surface area (Å²) in [4.78, 5) is 37.5. The molecule has 2 fully saturated rings. The molecule has 2 saturated heterocycles. The Balaban J connectivity index is 1.04. The molecule has 2 atom stereocenters. The molecule has 0 radical (unpaired) electrons. The highest BCUT2D eigenvalue weighted by Crippen LogP contribution is 2.35. The van der Waals surface area contributed by atoms with Gasteiger partial charge in [0.2, 0.25) is 11.9 Å². The van der Waals surface area contributed by atoms with Gasteiger partial charge in [-0.1, -0.05) is 12.1 Å². The number of likely N-dealkylation sites (tertiary alicyclic amines) is 1. The van der Waals surface area contributed by atoms with Gasteiger partial charge in [-0.3, -0.25) is 14.3 Å². The van der Waals surface area contributed by atoms with Crippen LogP contribution in [0.2, 0.25) is 0 Å². The van der Waals surface area contributed by atoms with E-state index in [9.17, 15) is 35.9 Å². The van der Waals surface area contributed by atoms with Crippen LogP contribution in [-0.4, -0.2) is 85.8 Å². The highest BCUT2D eigenvalue weighted by atomic mass is 19.4. The lowest BCUT2D eigenvalue weighted by Crippen LogP contribution is -2.40. The van der Waals surface area contributed by atoms with Crippen LogP contribution in [0.25, 0.3) is 10.9 Å². The van der Waals surface area contributed by atoms with Gasteiger partial charge in [0.1, 0.15) is 11.1 Å². The number of ether oxygens (including phenoxy) is 2. The van der Waals surface area contributed by atoms with Crippen molar-refractivity contribution in [3.8, 4) is 5.75 Å². The van der Waals surface area contributed by atoms with Crippen LogP contribution in [0, 0.1) is 0 Å². The van der Waals surface area contributed by atoms with E-state index in [2.05, 4.69) is 20.2 Å². The van der Waals surface area contributed by atoms with Gasteiger partial charge in [0.15, 0.2) is 5.69 Å². The molecule has 1 aromatic carbocycles. The smallest absolute Gasteiger partial charge is 0.435 e. The van der Waals surface area contributed by atoms with Crippen molar-refractivity contribution in [3.63, 3.8) is 0 Å². The first-order valence-corrected chi connectivity index (χ1v) is 15.0. The second-order valence-electron chi connectivity index (χ2n) is 11.4. The molecule has 5 heterocycles. The van der Waals surface area contributed by atoms with E-state index < -0.39 is 34.6 Å². The molecule has 48 heavy (non-hydrogen) atoms. The highest BCUT2D eigenvalue weighted by Gasteiger charge is 2.45. The molecule has 256 valence electrons. The Kier molecular flexibility index (Phi) is 9.02. The van der Waals surface area contributed by atoms with Crippen LogP contribution in [-0.2, 0) is 35.0 Å². The van der Waals surface area contributed by atoms with Crippen molar-refractivity contribution in [1.82, 2.24) is 34.4 Å². The fraction of sp³-hybridized carbons (Fsp3) is 0.467. The Morgan fingerprint density at radius 3 is 2.29 bits per heavy atom. The molecule has 0 spiro atoms. The number of fused-ring (bicyclic) bond motifs is 2. The van der Waals surface area contributed by atoms with Gasteiger partial charge in [-0.15, -0.1) is 0 Å². The maximum absolute atomic E-state index is 13.9. The molecule has 18 heteroatoms. The van der Waals surface area contributed by atoms with Crippen LogP contribution in [0.1, 0.15) is 36.1 Å². The molecule has 1 amide bonds. The second-order valence-corrected chi connectivity index (χ2v) is 11.4. The van der Waals surface area contributed by atoms with Gasteiger partial charge in [-0.2, -0.15) is 36.5 Å². The Morgan fingerprint density at radius 2 is 1.62 bits per heavy atom. The fourth-order valence-corrected chi connectivity index (χ4v) is 6.22. The van der Waals surface area contributed by atoms with E-state index in [4.69, 9.17) is 9.47 Å². The van der Waals surface area contributed by atoms with Crippen LogP contribution in [0.5, 0.6) is 5.75 Å². The largest absolute Gasteiger partial charge is 0.497 e. The predicted octanol–water partition coefficient (Wildman–Crippen LogP) is 3.76. The van der Waals surface area contributed by atoms with Crippen LogP contribution in [0.4, 0.5) is 32.3 Å². The number of amides is 1. The maximum atomic E-state index is 13.9. The summed E-state index contributed by atoms with van der Waals surface area (Å²) in [6.45, 7) is 0.671. The van der Waals surface area contributed by atoms with Gasteiger partial charge in [0.05, 0.1) is 69.2 Å². The summed E-state index contributed by atoms with van der Waals surface area (Å²) in [6, 6.07) is 6.40. The average molecular weight is 681 g/mol. The number of rotatable bonds is 10. The van der Waals surface area contributed by atoms with Crippen molar-refractivity contribution >= 4 is 22.8 Å². The van der Waals surface area contributed by atoms with E-state index in [1.807, 2.05) is 4.90 Å². The quantitative estimate of drug-likeness (QED) is 0.182. The number of hydrogen-bond acceptors (Lipinski definition) is 9. The summed E-state index contributed by atoms with van der Waals surface area (Å²) in [5.74, 6) is 0.587. The van der Waals surface area contributed by atoms with Crippen molar-refractivity contribution < 1.29 is 40.6 Å². The lowest BCUT2D eigenvalue weighted by atomic mass is 10.1. The number of halogens is 6. The van der Waals surface area contributed by atoms with E-state index >= 15 is 0 Å². The Morgan fingerprint density at radius 1 is 0.917 bits per heavy atom. The van der Waals surface area contributed by atoms with Gasteiger partial charge in [-0.25, -0.2) is 14.6 Å². The summed E-state index contributed by atoms with van der Waals surface area (Å²) in [5.41, 5.74) is -2.65. The van der Waals surface area contributed by atoms with Crippen molar-refractivity contribution in [2.45, 2.75) is 56.8 Å². The highest BCUT2D eigenvalue weighted by molar-refractivity contribution is 5.80. The fourth-order valence-electron chi connectivity index (χ4n) is 6.22. The first-order valence-electron chi connectivity index (χ1n) is 15.0. The monoisotopic (exact) mass is 680 g/mol. The minimum atomic E-state index is -4.89. The minimum absolute atomic E-state index is 0.00328.